The summed E-state index contributed by atoms with van der Waals surface area (Å²) in [7, 11) is 1.75. The number of rotatable bonds is 9. The molecule has 4 nitrogen and oxygen atoms in total. The van der Waals surface area contributed by atoms with Crippen LogP contribution in [0.1, 0.15) is 68.8 Å². The lowest BCUT2D eigenvalue weighted by Gasteiger charge is -2.01. The maximum Gasteiger partial charge on any atom is 0.182 e. The third kappa shape index (κ3) is 5.11. The Labute approximate surface area is 103 Å². The normalized spacial score (nSPS) is 10.7. The van der Waals surface area contributed by atoms with Crippen molar-refractivity contribution in [1.82, 2.24) is 15.0 Å². The van der Waals surface area contributed by atoms with Crippen molar-refractivity contribution < 1.29 is 4.79 Å². The zero-order valence-electron chi connectivity index (χ0n) is 11.0. The molecule has 0 aliphatic rings. The Morgan fingerprint density at radius 2 is 1.82 bits per heavy atom. The van der Waals surface area contributed by atoms with E-state index in [1.807, 2.05) is 0 Å². The maximum absolute atomic E-state index is 11.8. The molecule has 1 heterocycles. The molecule has 0 unspecified atom stereocenters. The third-order valence-corrected chi connectivity index (χ3v) is 3.01. The Morgan fingerprint density at radius 1 is 1.18 bits per heavy atom. The molecule has 1 aromatic rings. The summed E-state index contributed by atoms with van der Waals surface area (Å²) in [6.45, 7) is 2.22. The van der Waals surface area contributed by atoms with Gasteiger partial charge in [-0.2, -0.15) is 0 Å². The highest BCUT2D eigenvalue weighted by atomic mass is 16.1. The first kappa shape index (κ1) is 13.9. The van der Waals surface area contributed by atoms with E-state index in [2.05, 4.69) is 17.2 Å². The Bertz CT molecular complexity index is 333. The highest BCUT2D eigenvalue weighted by Gasteiger charge is 2.09. The number of aryl methyl sites for hydroxylation is 1. The third-order valence-electron chi connectivity index (χ3n) is 3.01. The molecule has 0 aliphatic heterocycles. The van der Waals surface area contributed by atoms with Crippen LogP contribution in [0.5, 0.6) is 0 Å². The van der Waals surface area contributed by atoms with E-state index in [9.17, 15) is 4.79 Å². The van der Waals surface area contributed by atoms with Crippen LogP contribution in [0.3, 0.4) is 0 Å². The van der Waals surface area contributed by atoms with Crippen LogP contribution in [-0.4, -0.2) is 20.8 Å². The second-order valence-corrected chi connectivity index (χ2v) is 4.54. The standard InChI is InChI=1S/C13H23N3O/c1-3-4-5-6-7-8-9-10-13(17)12-11-14-15-16(12)2/h11H,3-10H2,1-2H3. The minimum Gasteiger partial charge on any atom is -0.292 e. The van der Waals surface area contributed by atoms with Gasteiger partial charge in [-0.05, 0) is 6.42 Å². The van der Waals surface area contributed by atoms with E-state index >= 15 is 0 Å². The highest BCUT2D eigenvalue weighted by Crippen LogP contribution is 2.10. The largest absolute Gasteiger partial charge is 0.292 e. The molecule has 0 amide bonds. The molecule has 0 atom stereocenters. The van der Waals surface area contributed by atoms with Gasteiger partial charge in [-0.3, -0.25) is 4.79 Å². The lowest BCUT2D eigenvalue weighted by atomic mass is 10.1. The predicted molar refractivity (Wildman–Crippen MR) is 67.9 cm³/mol. The summed E-state index contributed by atoms with van der Waals surface area (Å²) >= 11 is 0. The summed E-state index contributed by atoms with van der Waals surface area (Å²) in [4.78, 5) is 11.8. The molecule has 1 aromatic heterocycles. The Balaban J connectivity index is 2.07. The van der Waals surface area contributed by atoms with Crippen LogP contribution in [0.4, 0.5) is 0 Å². The van der Waals surface area contributed by atoms with Crippen LogP contribution in [0.25, 0.3) is 0 Å². The fourth-order valence-electron chi connectivity index (χ4n) is 1.91. The van der Waals surface area contributed by atoms with E-state index in [0.29, 0.717) is 12.1 Å². The molecule has 0 aromatic carbocycles. The van der Waals surface area contributed by atoms with Crippen molar-refractivity contribution in [2.75, 3.05) is 0 Å². The van der Waals surface area contributed by atoms with Crippen molar-refractivity contribution in [2.45, 2.75) is 58.3 Å². The van der Waals surface area contributed by atoms with Crippen LogP contribution < -0.4 is 0 Å². The molecule has 0 bridgehead atoms. The van der Waals surface area contributed by atoms with Crippen LogP contribution in [-0.2, 0) is 7.05 Å². The van der Waals surface area contributed by atoms with Crippen molar-refractivity contribution in [2.24, 2.45) is 7.05 Å². The van der Waals surface area contributed by atoms with Gasteiger partial charge >= 0.3 is 0 Å². The first-order chi connectivity index (χ1) is 8.25. The van der Waals surface area contributed by atoms with E-state index in [-0.39, 0.29) is 5.78 Å². The second kappa shape index (κ2) is 7.98. The molecule has 0 saturated carbocycles. The average molecular weight is 237 g/mol. The summed E-state index contributed by atoms with van der Waals surface area (Å²) in [5, 5.41) is 7.47. The average Bonchev–Trinajstić information content (AvgIpc) is 2.74. The van der Waals surface area contributed by atoms with Gasteiger partial charge in [0.15, 0.2) is 5.78 Å². The molecule has 0 aliphatic carbocycles. The number of ketones is 1. The van der Waals surface area contributed by atoms with Gasteiger partial charge in [0, 0.05) is 13.5 Å². The van der Waals surface area contributed by atoms with Gasteiger partial charge in [0.2, 0.25) is 0 Å². The lowest BCUT2D eigenvalue weighted by Crippen LogP contribution is -2.06. The molecular formula is C13H23N3O. The van der Waals surface area contributed by atoms with E-state index in [0.717, 1.165) is 12.8 Å². The topological polar surface area (TPSA) is 47.8 Å². The molecule has 0 fully saturated rings. The molecule has 0 radical (unpaired) electrons. The number of aromatic nitrogens is 3. The zero-order chi connectivity index (χ0) is 12.5. The SMILES string of the molecule is CCCCCCCCCC(=O)c1cnnn1C. The monoisotopic (exact) mass is 237 g/mol. The number of Topliss-reactive ketones (excluding diaryl/α,β-unsaturated/α-hetero) is 1. The first-order valence-electron chi connectivity index (χ1n) is 6.63. The minimum atomic E-state index is 0.158. The lowest BCUT2D eigenvalue weighted by molar-refractivity contribution is 0.0970. The molecule has 4 heteroatoms. The van der Waals surface area contributed by atoms with E-state index in [1.54, 1.807) is 17.9 Å². The van der Waals surface area contributed by atoms with Crippen molar-refractivity contribution in [3.8, 4) is 0 Å². The molecular weight excluding hydrogens is 214 g/mol. The summed E-state index contributed by atoms with van der Waals surface area (Å²) in [6, 6.07) is 0. The number of carbonyl (C=O) groups is 1. The number of carbonyl (C=O) groups excluding carboxylic acids is 1. The summed E-state index contributed by atoms with van der Waals surface area (Å²) in [6.07, 6.45) is 10.8. The smallest absolute Gasteiger partial charge is 0.182 e. The molecule has 17 heavy (non-hydrogen) atoms. The van der Waals surface area contributed by atoms with Crippen LogP contribution in [0.15, 0.2) is 6.20 Å². The fourth-order valence-corrected chi connectivity index (χ4v) is 1.91. The van der Waals surface area contributed by atoms with Crippen molar-refractivity contribution in [3.63, 3.8) is 0 Å². The zero-order valence-corrected chi connectivity index (χ0v) is 11.0. The summed E-state index contributed by atoms with van der Waals surface area (Å²) < 4.78 is 1.55. The van der Waals surface area contributed by atoms with Gasteiger partial charge in [0.05, 0.1) is 6.20 Å². The van der Waals surface area contributed by atoms with E-state index < -0.39 is 0 Å². The summed E-state index contributed by atoms with van der Waals surface area (Å²) in [5.74, 6) is 0.158. The van der Waals surface area contributed by atoms with Gasteiger partial charge in [0.1, 0.15) is 5.69 Å². The quantitative estimate of drug-likeness (QED) is 0.489. The van der Waals surface area contributed by atoms with Gasteiger partial charge < -0.3 is 0 Å². The molecule has 1 rings (SSSR count). The van der Waals surface area contributed by atoms with Gasteiger partial charge in [-0.15, -0.1) is 5.10 Å². The minimum absolute atomic E-state index is 0.158. The number of hydrogen-bond acceptors (Lipinski definition) is 3. The van der Waals surface area contributed by atoms with Crippen LogP contribution in [0.2, 0.25) is 0 Å². The second-order valence-electron chi connectivity index (χ2n) is 4.54. The molecule has 0 N–H and O–H groups in total. The Hall–Kier alpha value is -1.19. The van der Waals surface area contributed by atoms with E-state index in [4.69, 9.17) is 0 Å². The molecule has 0 spiro atoms. The van der Waals surface area contributed by atoms with Gasteiger partial charge in [0.25, 0.3) is 0 Å². The Morgan fingerprint density at radius 3 is 2.41 bits per heavy atom. The van der Waals surface area contributed by atoms with Gasteiger partial charge in [-0.25, -0.2) is 4.68 Å². The number of hydrogen-bond donors (Lipinski definition) is 0. The molecule has 0 saturated heterocycles. The summed E-state index contributed by atoms with van der Waals surface area (Å²) in [5.41, 5.74) is 0.621. The number of nitrogens with zero attached hydrogens (tertiary/aromatic N) is 3. The highest BCUT2D eigenvalue weighted by molar-refractivity contribution is 5.94. The maximum atomic E-state index is 11.8. The van der Waals surface area contributed by atoms with E-state index in [1.165, 1.54) is 32.1 Å². The first-order valence-corrected chi connectivity index (χ1v) is 6.63. The fraction of sp³-hybridized carbons (Fsp3) is 0.769. The van der Waals surface area contributed by atoms with Crippen LogP contribution >= 0.6 is 0 Å². The van der Waals surface area contributed by atoms with Crippen molar-refractivity contribution in [3.05, 3.63) is 11.9 Å². The van der Waals surface area contributed by atoms with Gasteiger partial charge in [-0.1, -0.05) is 50.7 Å². The van der Waals surface area contributed by atoms with Crippen LogP contribution in [0, 0.1) is 0 Å². The van der Waals surface area contributed by atoms with Crippen molar-refractivity contribution in [1.29, 1.82) is 0 Å². The predicted octanol–water partition coefficient (Wildman–Crippen LogP) is 3.14. The number of unbranched alkanes of at least 4 members (excludes halogenated alkanes) is 6. The molecule has 96 valence electrons. The Kier molecular flexibility index (Phi) is 6.51. The van der Waals surface area contributed by atoms with Crippen molar-refractivity contribution >= 4 is 5.78 Å².